The van der Waals surface area contributed by atoms with Crippen LogP contribution in [-0.4, -0.2) is 29.9 Å². The highest BCUT2D eigenvalue weighted by Crippen LogP contribution is 2.37. The molecule has 0 aromatic carbocycles. The van der Waals surface area contributed by atoms with E-state index in [2.05, 4.69) is 32.7 Å². The van der Waals surface area contributed by atoms with Gasteiger partial charge in [-0.1, -0.05) is 20.8 Å². The topological polar surface area (TPSA) is 53.1 Å². The van der Waals surface area contributed by atoms with Crippen molar-refractivity contribution in [2.24, 2.45) is 11.1 Å². The van der Waals surface area contributed by atoms with Gasteiger partial charge in [-0.15, -0.1) is 0 Å². The van der Waals surface area contributed by atoms with Crippen molar-refractivity contribution >= 4 is 5.84 Å². The second-order valence-corrected chi connectivity index (χ2v) is 6.35. The molecular weight excluding hydrogens is 210 g/mol. The Bertz CT molecular complexity index is 250. The van der Waals surface area contributed by atoms with Crippen LogP contribution < -0.4 is 5.73 Å². The average molecular weight is 239 g/mol. The van der Waals surface area contributed by atoms with E-state index in [1.165, 1.54) is 25.7 Å². The van der Waals surface area contributed by atoms with E-state index in [1.54, 1.807) is 0 Å². The Morgan fingerprint density at radius 2 is 1.94 bits per heavy atom. The lowest BCUT2D eigenvalue weighted by Gasteiger charge is -2.41. The molecule has 1 aliphatic carbocycles. The molecule has 100 valence electrons. The summed E-state index contributed by atoms with van der Waals surface area (Å²) in [5, 5.41) is 7.45. The predicted molar refractivity (Wildman–Crippen MR) is 74.4 cm³/mol. The molecule has 0 aliphatic heterocycles. The Morgan fingerprint density at radius 1 is 1.41 bits per heavy atom. The third-order valence-electron chi connectivity index (χ3n) is 4.39. The maximum Gasteiger partial charge on any atom is 0.0921 e. The second-order valence-electron chi connectivity index (χ2n) is 6.35. The third kappa shape index (κ3) is 4.30. The first kappa shape index (κ1) is 14.5. The molecule has 0 heterocycles. The van der Waals surface area contributed by atoms with Gasteiger partial charge in [-0.05, 0) is 44.6 Å². The molecule has 3 N–H and O–H groups in total. The predicted octanol–water partition coefficient (Wildman–Crippen LogP) is 2.99. The SMILES string of the molecule is CCC(CC(=N)N)N(C)C1CCC(C)(C)CC1. The van der Waals surface area contributed by atoms with Gasteiger partial charge in [0, 0.05) is 18.5 Å². The van der Waals surface area contributed by atoms with E-state index in [0.29, 0.717) is 29.8 Å². The van der Waals surface area contributed by atoms with Gasteiger partial charge in [0.15, 0.2) is 0 Å². The summed E-state index contributed by atoms with van der Waals surface area (Å²) in [5.41, 5.74) is 6.06. The minimum Gasteiger partial charge on any atom is -0.388 e. The molecule has 1 fully saturated rings. The van der Waals surface area contributed by atoms with Gasteiger partial charge in [0.2, 0.25) is 0 Å². The molecule has 0 saturated heterocycles. The van der Waals surface area contributed by atoms with E-state index in [1.807, 2.05) is 0 Å². The molecule has 0 aromatic rings. The first-order chi connectivity index (χ1) is 7.85. The van der Waals surface area contributed by atoms with E-state index in [-0.39, 0.29) is 0 Å². The molecule has 0 radical (unpaired) electrons. The molecular formula is C14H29N3. The highest BCUT2D eigenvalue weighted by Gasteiger charge is 2.30. The number of nitrogens with zero attached hydrogens (tertiary/aromatic N) is 1. The Balaban J connectivity index is 2.51. The Hall–Kier alpha value is -0.570. The molecule has 1 atom stereocenters. The quantitative estimate of drug-likeness (QED) is 0.572. The molecule has 1 rings (SSSR count). The zero-order chi connectivity index (χ0) is 13.1. The highest BCUT2D eigenvalue weighted by atomic mass is 15.2. The van der Waals surface area contributed by atoms with Crippen molar-refractivity contribution in [2.45, 2.75) is 71.4 Å². The van der Waals surface area contributed by atoms with Crippen molar-refractivity contribution in [1.29, 1.82) is 5.41 Å². The van der Waals surface area contributed by atoms with Crippen LogP contribution in [0.3, 0.4) is 0 Å². The molecule has 17 heavy (non-hydrogen) atoms. The van der Waals surface area contributed by atoms with Crippen LogP contribution in [0.4, 0.5) is 0 Å². The fraction of sp³-hybridized carbons (Fsp3) is 0.929. The van der Waals surface area contributed by atoms with Crippen LogP contribution in [0.2, 0.25) is 0 Å². The third-order valence-corrected chi connectivity index (χ3v) is 4.39. The van der Waals surface area contributed by atoms with Gasteiger partial charge in [-0.25, -0.2) is 0 Å². The maximum atomic E-state index is 7.45. The van der Waals surface area contributed by atoms with E-state index in [9.17, 15) is 0 Å². The molecule has 1 unspecified atom stereocenters. The van der Waals surface area contributed by atoms with E-state index >= 15 is 0 Å². The minimum atomic E-state index is 0.319. The summed E-state index contributed by atoms with van der Waals surface area (Å²) < 4.78 is 0. The lowest BCUT2D eigenvalue weighted by molar-refractivity contribution is 0.0945. The van der Waals surface area contributed by atoms with Crippen LogP contribution in [0.25, 0.3) is 0 Å². The summed E-state index contributed by atoms with van der Waals surface area (Å²) in [6.45, 7) is 6.93. The maximum absolute atomic E-state index is 7.45. The Morgan fingerprint density at radius 3 is 2.35 bits per heavy atom. The first-order valence-electron chi connectivity index (χ1n) is 6.90. The molecule has 1 saturated carbocycles. The lowest BCUT2D eigenvalue weighted by Crippen LogP contribution is -2.44. The molecule has 0 aromatic heterocycles. The van der Waals surface area contributed by atoms with Crippen LogP contribution in [0, 0.1) is 10.8 Å². The second kappa shape index (κ2) is 5.85. The normalized spacial score (nSPS) is 22.6. The summed E-state index contributed by atoms with van der Waals surface area (Å²) in [6, 6.07) is 1.13. The molecule has 0 spiro atoms. The lowest BCUT2D eigenvalue weighted by atomic mass is 9.75. The highest BCUT2D eigenvalue weighted by molar-refractivity contribution is 5.77. The van der Waals surface area contributed by atoms with E-state index in [4.69, 9.17) is 11.1 Å². The van der Waals surface area contributed by atoms with Crippen molar-refractivity contribution in [3.05, 3.63) is 0 Å². The fourth-order valence-corrected chi connectivity index (χ4v) is 2.92. The number of hydrogen-bond acceptors (Lipinski definition) is 2. The summed E-state index contributed by atoms with van der Waals surface area (Å²) in [6.07, 6.45) is 7.01. The fourth-order valence-electron chi connectivity index (χ4n) is 2.92. The summed E-state index contributed by atoms with van der Waals surface area (Å²) in [4.78, 5) is 2.47. The number of rotatable bonds is 5. The monoisotopic (exact) mass is 239 g/mol. The summed E-state index contributed by atoms with van der Waals surface area (Å²) >= 11 is 0. The van der Waals surface area contributed by atoms with Crippen molar-refractivity contribution < 1.29 is 0 Å². The minimum absolute atomic E-state index is 0.319. The molecule has 0 bridgehead atoms. The Kier molecular flexibility index (Phi) is 4.99. The van der Waals surface area contributed by atoms with Crippen molar-refractivity contribution in [3.8, 4) is 0 Å². The molecule has 1 aliphatic rings. The zero-order valence-corrected chi connectivity index (χ0v) is 11.9. The Labute approximate surface area is 106 Å². The molecule has 3 nitrogen and oxygen atoms in total. The van der Waals surface area contributed by atoms with Crippen molar-refractivity contribution in [3.63, 3.8) is 0 Å². The van der Waals surface area contributed by atoms with Crippen molar-refractivity contribution in [2.75, 3.05) is 7.05 Å². The van der Waals surface area contributed by atoms with Gasteiger partial charge >= 0.3 is 0 Å². The number of nitrogens with two attached hydrogens (primary N) is 1. The molecule has 0 amide bonds. The average Bonchev–Trinajstić information content (AvgIpc) is 2.24. The van der Waals surface area contributed by atoms with Gasteiger partial charge in [-0.3, -0.25) is 5.41 Å². The number of amidine groups is 1. The van der Waals surface area contributed by atoms with Gasteiger partial charge in [0.25, 0.3) is 0 Å². The number of hydrogen-bond donors (Lipinski definition) is 2. The smallest absolute Gasteiger partial charge is 0.0921 e. The van der Waals surface area contributed by atoms with Gasteiger partial charge in [0.1, 0.15) is 0 Å². The van der Waals surface area contributed by atoms with Crippen LogP contribution in [0.1, 0.15) is 59.3 Å². The summed E-state index contributed by atoms with van der Waals surface area (Å²) in [7, 11) is 2.21. The standard InChI is InChI=1S/C14H29N3/c1-5-11(10-13(15)16)17(4)12-6-8-14(2,3)9-7-12/h11-12H,5-10H2,1-4H3,(H3,15,16). The van der Waals surface area contributed by atoms with Crippen LogP contribution in [0.5, 0.6) is 0 Å². The van der Waals surface area contributed by atoms with E-state index < -0.39 is 0 Å². The largest absolute Gasteiger partial charge is 0.388 e. The number of nitrogens with one attached hydrogen (secondary N) is 1. The van der Waals surface area contributed by atoms with Crippen molar-refractivity contribution in [1.82, 2.24) is 4.90 Å². The molecule has 3 heteroatoms. The summed E-state index contributed by atoms with van der Waals surface area (Å²) in [5.74, 6) is 0.319. The van der Waals surface area contributed by atoms with Crippen LogP contribution in [0.15, 0.2) is 0 Å². The van der Waals surface area contributed by atoms with Crippen LogP contribution in [-0.2, 0) is 0 Å². The van der Waals surface area contributed by atoms with Gasteiger partial charge < -0.3 is 10.6 Å². The van der Waals surface area contributed by atoms with Gasteiger partial charge in [-0.2, -0.15) is 0 Å². The van der Waals surface area contributed by atoms with Crippen LogP contribution >= 0.6 is 0 Å². The first-order valence-corrected chi connectivity index (χ1v) is 6.90. The van der Waals surface area contributed by atoms with Gasteiger partial charge in [0.05, 0.1) is 5.84 Å². The van der Waals surface area contributed by atoms with E-state index in [0.717, 1.165) is 6.42 Å². The zero-order valence-electron chi connectivity index (χ0n) is 11.9.